The predicted octanol–water partition coefficient (Wildman–Crippen LogP) is 1.83. The average Bonchev–Trinajstić information content (AvgIpc) is 2.89. The van der Waals surface area contributed by atoms with Crippen molar-refractivity contribution in [3.63, 3.8) is 0 Å². The highest BCUT2D eigenvalue weighted by atomic mass is 32.2. The maximum absolute atomic E-state index is 12.1. The first-order valence-electron chi connectivity index (χ1n) is 6.76. The minimum absolute atomic E-state index is 0.177. The molecule has 1 unspecified atom stereocenters. The second-order valence-corrected chi connectivity index (χ2v) is 6.99. The smallest absolute Gasteiger partial charge is 0.212 e. The first kappa shape index (κ1) is 14.5. The minimum Gasteiger partial charge on any atom is -0.394 e. The van der Waals surface area contributed by atoms with Crippen LogP contribution >= 0.6 is 0 Å². The van der Waals surface area contributed by atoms with E-state index in [-0.39, 0.29) is 18.3 Å². The summed E-state index contributed by atoms with van der Waals surface area (Å²) in [4.78, 5) is 0. The lowest BCUT2D eigenvalue weighted by molar-refractivity contribution is 0.258. The summed E-state index contributed by atoms with van der Waals surface area (Å²) >= 11 is 0. The average molecular weight is 283 g/mol. The summed E-state index contributed by atoms with van der Waals surface area (Å²) in [6.45, 7) is -0.228. The van der Waals surface area contributed by atoms with E-state index >= 15 is 0 Å². The van der Waals surface area contributed by atoms with E-state index in [1.807, 2.05) is 30.3 Å². The monoisotopic (exact) mass is 283 g/mol. The second-order valence-electron chi connectivity index (χ2n) is 5.20. The molecule has 1 fully saturated rings. The van der Waals surface area contributed by atoms with E-state index in [1.165, 1.54) is 0 Å². The number of aliphatic hydroxyl groups excluding tert-OH is 1. The maximum Gasteiger partial charge on any atom is 0.212 e. The molecule has 19 heavy (non-hydrogen) atoms. The largest absolute Gasteiger partial charge is 0.394 e. The summed E-state index contributed by atoms with van der Waals surface area (Å²) in [5.74, 6) is 0.448. The molecule has 106 valence electrons. The molecular formula is C14H21NO3S. The minimum atomic E-state index is -3.33. The molecule has 0 aliphatic heterocycles. The molecule has 1 aromatic rings. The van der Waals surface area contributed by atoms with Gasteiger partial charge in [0.05, 0.1) is 18.4 Å². The quantitative estimate of drug-likeness (QED) is 0.837. The summed E-state index contributed by atoms with van der Waals surface area (Å²) in [7, 11) is -3.33. The van der Waals surface area contributed by atoms with Gasteiger partial charge in [0.1, 0.15) is 0 Å². The Morgan fingerprint density at radius 3 is 2.42 bits per heavy atom. The van der Waals surface area contributed by atoms with Gasteiger partial charge in [-0.05, 0) is 24.3 Å². The number of hydrogen-bond donors (Lipinski definition) is 2. The van der Waals surface area contributed by atoms with E-state index in [0.717, 1.165) is 31.2 Å². The summed E-state index contributed by atoms with van der Waals surface area (Å²) in [5, 5.41) is 9.38. The van der Waals surface area contributed by atoms with E-state index in [4.69, 9.17) is 0 Å². The summed E-state index contributed by atoms with van der Waals surface area (Å²) in [6, 6.07) is 8.63. The Morgan fingerprint density at radius 2 is 1.84 bits per heavy atom. The third kappa shape index (κ3) is 4.30. The number of nitrogens with one attached hydrogen (secondary N) is 1. The van der Waals surface area contributed by atoms with Crippen LogP contribution in [0.1, 0.15) is 37.3 Å². The van der Waals surface area contributed by atoms with Gasteiger partial charge in [-0.1, -0.05) is 43.2 Å². The summed E-state index contributed by atoms with van der Waals surface area (Å²) in [5.41, 5.74) is 0.792. The van der Waals surface area contributed by atoms with Crippen molar-refractivity contribution in [1.29, 1.82) is 0 Å². The normalized spacial score (nSPS) is 18.6. The van der Waals surface area contributed by atoms with Gasteiger partial charge < -0.3 is 5.11 Å². The first-order valence-corrected chi connectivity index (χ1v) is 8.42. The molecule has 0 spiro atoms. The van der Waals surface area contributed by atoms with Crippen LogP contribution in [0.2, 0.25) is 0 Å². The molecular weight excluding hydrogens is 262 g/mol. The molecule has 1 aliphatic carbocycles. The molecule has 0 amide bonds. The first-order chi connectivity index (χ1) is 9.11. The Kier molecular flexibility index (Phi) is 4.96. The van der Waals surface area contributed by atoms with Gasteiger partial charge in [0.25, 0.3) is 0 Å². The molecule has 0 radical (unpaired) electrons. The van der Waals surface area contributed by atoms with Crippen molar-refractivity contribution in [2.45, 2.75) is 31.7 Å². The van der Waals surface area contributed by atoms with Gasteiger partial charge in [-0.3, -0.25) is 0 Å². The van der Waals surface area contributed by atoms with E-state index in [2.05, 4.69) is 4.72 Å². The number of sulfonamides is 1. The fraction of sp³-hybridized carbons (Fsp3) is 0.571. The van der Waals surface area contributed by atoms with Crippen LogP contribution in [0.25, 0.3) is 0 Å². The lowest BCUT2D eigenvalue weighted by Crippen LogP contribution is -2.34. The van der Waals surface area contributed by atoms with Crippen LogP contribution in [0, 0.1) is 5.92 Å². The van der Waals surface area contributed by atoms with E-state index in [1.54, 1.807) is 0 Å². The summed E-state index contributed by atoms with van der Waals surface area (Å²) < 4.78 is 26.8. The van der Waals surface area contributed by atoms with Gasteiger partial charge >= 0.3 is 0 Å². The second kappa shape index (κ2) is 6.50. The molecule has 4 nitrogen and oxygen atoms in total. The molecule has 1 aliphatic rings. The van der Waals surface area contributed by atoms with Crippen molar-refractivity contribution < 1.29 is 13.5 Å². The van der Waals surface area contributed by atoms with Gasteiger partial charge in [-0.2, -0.15) is 0 Å². The van der Waals surface area contributed by atoms with Crippen LogP contribution in [-0.4, -0.2) is 25.9 Å². The molecule has 0 saturated heterocycles. The Morgan fingerprint density at radius 1 is 1.21 bits per heavy atom. The zero-order valence-corrected chi connectivity index (χ0v) is 11.8. The van der Waals surface area contributed by atoms with Crippen molar-refractivity contribution in [3.05, 3.63) is 35.9 Å². The van der Waals surface area contributed by atoms with Crippen molar-refractivity contribution >= 4 is 10.0 Å². The van der Waals surface area contributed by atoms with Gasteiger partial charge in [0, 0.05) is 0 Å². The predicted molar refractivity (Wildman–Crippen MR) is 75.1 cm³/mol. The fourth-order valence-electron chi connectivity index (χ4n) is 2.65. The van der Waals surface area contributed by atoms with E-state index < -0.39 is 16.1 Å². The summed E-state index contributed by atoms with van der Waals surface area (Å²) in [6.07, 6.45) is 4.25. The molecule has 1 saturated carbocycles. The van der Waals surface area contributed by atoms with Crippen LogP contribution in [-0.2, 0) is 10.0 Å². The Labute approximate surface area is 114 Å². The van der Waals surface area contributed by atoms with Crippen molar-refractivity contribution in [3.8, 4) is 0 Å². The number of rotatable bonds is 6. The lowest BCUT2D eigenvalue weighted by atomic mass is 10.1. The zero-order valence-electron chi connectivity index (χ0n) is 11.0. The molecule has 1 aromatic carbocycles. The SMILES string of the molecule is O=S(=O)(CC1CCCC1)NC(CO)c1ccccc1. The molecule has 1 atom stereocenters. The van der Waals surface area contributed by atoms with Gasteiger partial charge in [-0.25, -0.2) is 13.1 Å². The lowest BCUT2D eigenvalue weighted by Gasteiger charge is -2.18. The Balaban J connectivity index is 2.00. The van der Waals surface area contributed by atoms with Crippen LogP contribution in [0.3, 0.4) is 0 Å². The third-order valence-electron chi connectivity index (χ3n) is 3.64. The van der Waals surface area contributed by atoms with E-state index in [9.17, 15) is 13.5 Å². The van der Waals surface area contributed by atoms with Gasteiger partial charge in [-0.15, -0.1) is 0 Å². The van der Waals surface area contributed by atoms with Gasteiger partial charge in [0.2, 0.25) is 10.0 Å². The maximum atomic E-state index is 12.1. The zero-order chi connectivity index (χ0) is 13.7. The topological polar surface area (TPSA) is 66.4 Å². The van der Waals surface area contributed by atoms with Crippen molar-refractivity contribution in [1.82, 2.24) is 4.72 Å². The number of aliphatic hydroxyl groups is 1. The molecule has 2 N–H and O–H groups in total. The van der Waals surface area contributed by atoms with Crippen LogP contribution in [0.4, 0.5) is 0 Å². The molecule has 0 aromatic heterocycles. The van der Waals surface area contributed by atoms with Crippen molar-refractivity contribution in [2.75, 3.05) is 12.4 Å². The highest BCUT2D eigenvalue weighted by Crippen LogP contribution is 2.26. The highest BCUT2D eigenvalue weighted by molar-refractivity contribution is 7.89. The third-order valence-corrected chi connectivity index (χ3v) is 5.19. The Hall–Kier alpha value is -0.910. The number of hydrogen-bond acceptors (Lipinski definition) is 3. The molecule has 2 rings (SSSR count). The van der Waals surface area contributed by atoms with Crippen LogP contribution in [0.15, 0.2) is 30.3 Å². The van der Waals surface area contributed by atoms with Crippen LogP contribution in [0.5, 0.6) is 0 Å². The molecule has 0 bridgehead atoms. The highest BCUT2D eigenvalue weighted by Gasteiger charge is 2.25. The van der Waals surface area contributed by atoms with Crippen molar-refractivity contribution in [2.24, 2.45) is 5.92 Å². The van der Waals surface area contributed by atoms with E-state index in [0.29, 0.717) is 0 Å². The fourth-order valence-corrected chi connectivity index (χ4v) is 4.34. The molecule has 5 heteroatoms. The standard InChI is InChI=1S/C14H21NO3S/c16-10-14(13-8-2-1-3-9-13)15-19(17,18)11-12-6-4-5-7-12/h1-3,8-9,12,14-16H,4-7,10-11H2. The Bertz CT molecular complexity index is 481. The van der Waals surface area contributed by atoms with Crippen LogP contribution < -0.4 is 4.72 Å². The molecule has 0 heterocycles. The van der Waals surface area contributed by atoms with Gasteiger partial charge in [0.15, 0.2) is 0 Å². The number of benzene rings is 1.